The van der Waals surface area contributed by atoms with Crippen LogP contribution in [0.2, 0.25) is 0 Å². The van der Waals surface area contributed by atoms with Crippen molar-refractivity contribution in [3.05, 3.63) is 11.8 Å². The van der Waals surface area contributed by atoms with Crippen molar-refractivity contribution in [3.8, 4) is 0 Å². The van der Waals surface area contributed by atoms with Crippen LogP contribution in [0.5, 0.6) is 0 Å². The topological polar surface area (TPSA) is 49.4 Å². The summed E-state index contributed by atoms with van der Waals surface area (Å²) in [6, 6.07) is 0. The van der Waals surface area contributed by atoms with Crippen LogP contribution in [0.15, 0.2) is 11.8 Å². The summed E-state index contributed by atoms with van der Waals surface area (Å²) in [6.07, 6.45) is 2.49. The van der Waals surface area contributed by atoms with Crippen LogP contribution in [0.25, 0.3) is 0 Å². The Bertz CT molecular complexity index is 245. The van der Waals surface area contributed by atoms with Gasteiger partial charge in [0.05, 0.1) is 6.54 Å². The SMILES string of the molecule is CC/C=C1\C(=O)NCC(=O)N1C. The summed E-state index contributed by atoms with van der Waals surface area (Å²) in [7, 11) is 1.61. The van der Waals surface area contributed by atoms with Crippen LogP contribution in [0.4, 0.5) is 0 Å². The summed E-state index contributed by atoms with van der Waals surface area (Å²) in [6.45, 7) is 2.03. The van der Waals surface area contributed by atoms with Gasteiger partial charge >= 0.3 is 0 Å². The number of likely N-dealkylation sites (N-methyl/N-ethyl adjacent to an activating group) is 1. The molecular formula is C8H12N2O2. The first-order chi connectivity index (χ1) is 5.66. The molecule has 1 aliphatic rings. The van der Waals surface area contributed by atoms with Gasteiger partial charge < -0.3 is 10.2 Å². The van der Waals surface area contributed by atoms with Crippen LogP contribution in [-0.4, -0.2) is 30.3 Å². The predicted molar refractivity (Wildman–Crippen MR) is 44.2 cm³/mol. The third kappa shape index (κ3) is 1.47. The molecule has 4 heteroatoms. The lowest BCUT2D eigenvalue weighted by molar-refractivity contribution is -0.135. The molecule has 0 aromatic rings. The van der Waals surface area contributed by atoms with E-state index in [2.05, 4.69) is 5.32 Å². The number of carbonyl (C=O) groups excluding carboxylic acids is 2. The van der Waals surface area contributed by atoms with E-state index >= 15 is 0 Å². The molecule has 0 unspecified atom stereocenters. The zero-order valence-electron chi connectivity index (χ0n) is 7.26. The molecule has 12 heavy (non-hydrogen) atoms. The highest BCUT2D eigenvalue weighted by Gasteiger charge is 2.24. The van der Waals surface area contributed by atoms with Crippen molar-refractivity contribution in [1.29, 1.82) is 0 Å². The van der Waals surface area contributed by atoms with Crippen LogP contribution in [0.1, 0.15) is 13.3 Å². The molecule has 0 aromatic heterocycles. The van der Waals surface area contributed by atoms with E-state index in [0.717, 1.165) is 6.42 Å². The van der Waals surface area contributed by atoms with Gasteiger partial charge in [0.1, 0.15) is 5.70 Å². The van der Waals surface area contributed by atoms with Crippen LogP contribution >= 0.6 is 0 Å². The van der Waals surface area contributed by atoms with Gasteiger partial charge in [0, 0.05) is 7.05 Å². The first-order valence-corrected chi connectivity index (χ1v) is 3.91. The molecule has 0 atom stereocenters. The molecular weight excluding hydrogens is 156 g/mol. The van der Waals surface area contributed by atoms with Gasteiger partial charge in [-0.2, -0.15) is 0 Å². The Kier molecular flexibility index (Phi) is 2.47. The molecule has 0 radical (unpaired) electrons. The third-order valence-corrected chi connectivity index (χ3v) is 1.77. The van der Waals surface area contributed by atoms with Crippen molar-refractivity contribution in [2.45, 2.75) is 13.3 Å². The predicted octanol–water partition coefficient (Wildman–Crippen LogP) is -0.132. The van der Waals surface area contributed by atoms with Gasteiger partial charge in [-0.15, -0.1) is 0 Å². The molecule has 1 fully saturated rings. The molecule has 1 N–H and O–H groups in total. The smallest absolute Gasteiger partial charge is 0.268 e. The Labute approximate surface area is 71.2 Å². The molecule has 1 rings (SSSR count). The molecule has 0 spiro atoms. The second kappa shape index (κ2) is 3.38. The summed E-state index contributed by atoms with van der Waals surface area (Å²) in [5.41, 5.74) is 0.453. The van der Waals surface area contributed by atoms with Gasteiger partial charge in [-0.1, -0.05) is 13.0 Å². The standard InChI is InChI=1S/C8H12N2O2/c1-3-4-6-8(12)9-5-7(11)10(6)2/h4H,3,5H2,1-2H3,(H,9,12)/b6-4+. The van der Waals surface area contributed by atoms with Crippen molar-refractivity contribution in [2.75, 3.05) is 13.6 Å². The van der Waals surface area contributed by atoms with E-state index in [0.29, 0.717) is 5.70 Å². The number of amides is 2. The van der Waals surface area contributed by atoms with Gasteiger partial charge in [-0.05, 0) is 6.42 Å². The number of carbonyl (C=O) groups is 2. The molecule has 0 bridgehead atoms. The molecule has 0 aromatic carbocycles. The van der Waals surface area contributed by atoms with Gasteiger partial charge in [0.15, 0.2) is 0 Å². The van der Waals surface area contributed by atoms with Crippen molar-refractivity contribution in [3.63, 3.8) is 0 Å². The van der Waals surface area contributed by atoms with Gasteiger partial charge in [0.25, 0.3) is 5.91 Å². The van der Waals surface area contributed by atoms with Crippen molar-refractivity contribution < 1.29 is 9.59 Å². The van der Waals surface area contributed by atoms with E-state index in [4.69, 9.17) is 0 Å². The fourth-order valence-corrected chi connectivity index (χ4v) is 1.07. The average molecular weight is 168 g/mol. The minimum atomic E-state index is -0.168. The summed E-state index contributed by atoms with van der Waals surface area (Å²) in [5.74, 6) is -0.242. The molecule has 1 saturated heterocycles. The van der Waals surface area contributed by atoms with Gasteiger partial charge in [-0.3, -0.25) is 9.59 Å². The third-order valence-electron chi connectivity index (χ3n) is 1.77. The maximum atomic E-state index is 11.2. The summed E-state index contributed by atoms with van der Waals surface area (Å²) < 4.78 is 0. The Hall–Kier alpha value is -1.32. The summed E-state index contributed by atoms with van der Waals surface area (Å²) in [4.78, 5) is 23.7. The van der Waals surface area contributed by atoms with E-state index in [9.17, 15) is 9.59 Å². The number of piperazine rings is 1. The number of hydrogen-bond acceptors (Lipinski definition) is 2. The van der Waals surface area contributed by atoms with E-state index < -0.39 is 0 Å². The average Bonchev–Trinajstić information content (AvgIpc) is 2.06. The molecule has 2 amide bonds. The number of allylic oxidation sites excluding steroid dienone is 1. The second-order valence-electron chi connectivity index (χ2n) is 2.63. The normalized spacial score (nSPS) is 21.5. The molecule has 1 aliphatic heterocycles. The first kappa shape index (κ1) is 8.77. The summed E-state index contributed by atoms with van der Waals surface area (Å²) >= 11 is 0. The molecule has 4 nitrogen and oxygen atoms in total. The van der Waals surface area contributed by atoms with Gasteiger partial charge in [-0.25, -0.2) is 0 Å². The zero-order valence-corrected chi connectivity index (χ0v) is 7.26. The Morgan fingerprint density at radius 2 is 2.25 bits per heavy atom. The maximum Gasteiger partial charge on any atom is 0.268 e. The lowest BCUT2D eigenvalue weighted by atomic mass is 10.2. The minimum Gasteiger partial charge on any atom is -0.342 e. The highest BCUT2D eigenvalue weighted by atomic mass is 16.2. The van der Waals surface area contributed by atoms with Crippen LogP contribution in [0.3, 0.4) is 0 Å². The molecule has 66 valence electrons. The lowest BCUT2D eigenvalue weighted by Crippen LogP contribution is -2.47. The van der Waals surface area contributed by atoms with E-state index in [-0.39, 0.29) is 18.4 Å². The maximum absolute atomic E-state index is 11.2. The monoisotopic (exact) mass is 168 g/mol. The first-order valence-electron chi connectivity index (χ1n) is 3.91. The quantitative estimate of drug-likeness (QED) is 0.554. The van der Waals surface area contributed by atoms with Crippen LogP contribution in [-0.2, 0) is 9.59 Å². The van der Waals surface area contributed by atoms with Crippen LogP contribution in [0, 0.1) is 0 Å². The highest BCUT2D eigenvalue weighted by Crippen LogP contribution is 2.07. The van der Waals surface area contributed by atoms with Crippen molar-refractivity contribution in [2.24, 2.45) is 0 Å². The largest absolute Gasteiger partial charge is 0.342 e. The van der Waals surface area contributed by atoms with E-state index in [1.807, 2.05) is 6.92 Å². The van der Waals surface area contributed by atoms with Gasteiger partial charge in [0.2, 0.25) is 5.91 Å². The molecule has 0 saturated carbocycles. The van der Waals surface area contributed by atoms with E-state index in [1.54, 1.807) is 13.1 Å². The Morgan fingerprint density at radius 1 is 1.58 bits per heavy atom. The highest BCUT2D eigenvalue weighted by molar-refractivity contribution is 6.02. The minimum absolute atomic E-state index is 0.0747. The number of hydrogen-bond donors (Lipinski definition) is 1. The fraction of sp³-hybridized carbons (Fsp3) is 0.500. The number of nitrogens with one attached hydrogen (secondary N) is 1. The van der Waals surface area contributed by atoms with Crippen molar-refractivity contribution in [1.82, 2.24) is 10.2 Å². The van der Waals surface area contributed by atoms with Crippen molar-refractivity contribution >= 4 is 11.8 Å². The lowest BCUT2D eigenvalue weighted by Gasteiger charge is -2.25. The molecule has 0 aliphatic carbocycles. The molecule has 1 heterocycles. The zero-order chi connectivity index (χ0) is 9.14. The number of rotatable bonds is 1. The summed E-state index contributed by atoms with van der Waals surface area (Å²) in [5, 5.41) is 2.50. The fourth-order valence-electron chi connectivity index (χ4n) is 1.07. The number of nitrogens with zero attached hydrogens (tertiary/aromatic N) is 1. The van der Waals surface area contributed by atoms with E-state index in [1.165, 1.54) is 4.90 Å². The Balaban J connectivity index is 2.86. The second-order valence-corrected chi connectivity index (χ2v) is 2.63. The Morgan fingerprint density at radius 3 is 2.83 bits per heavy atom. The van der Waals surface area contributed by atoms with Crippen LogP contribution < -0.4 is 5.32 Å².